The number of nitrogens with zero attached hydrogens (tertiary/aromatic N) is 1. The molecule has 0 atom stereocenters. The molecule has 18 heavy (non-hydrogen) atoms. The number of hydrogen-bond acceptors (Lipinski definition) is 3. The molecule has 0 bridgehead atoms. The number of hydrogen-bond donors (Lipinski definition) is 2. The fraction of sp³-hybridized carbons (Fsp3) is 0.0909. The van der Waals surface area contributed by atoms with Gasteiger partial charge in [0.15, 0.2) is 0 Å². The zero-order valence-electron chi connectivity index (χ0n) is 8.95. The van der Waals surface area contributed by atoms with E-state index < -0.39 is 17.6 Å². The van der Waals surface area contributed by atoms with Crippen LogP contribution in [0.5, 0.6) is 0 Å². The van der Waals surface area contributed by atoms with Gasteiger partial charge in [0, 0.05) is 11.6 Å². The number of nitrogens with two attached hydrogens (primary N) is 1. The van der Waals surface area contributed by atoms with Gasteiger partial charge in [-0.3, -0.25) is 15.2 Å². The zero-order valence-corrected chi connectivity index (χ0v) is 8.95. The summed E-state index contributed by atoms with van der Waals surface area (Å²) in [5.74, 6) is 4.33. The largest absolute Gasteiger partial charge is 0.418 e. The number of amides is 1. The van der Waals surface area contributed by atoms with Gasteiger partial charge in [0.05, 0.1) is 16.6 Å². The summed E-state index contributed by atoms with van der Waals surface area (Å²) in [7, 11) is 0. The number of benzene rings is 1. The Labute approximate surface area is 99.6 Å². The van der Waals surface area contributed by atoms with Gasteiger partial charge in [-0.15, -0.1) is 0 Å². The molecule has 0 radical (unpaired) electrons. The minimum atomic E-state index is -4.48. The van der Waals surface area contributed by atoms with Crippen molar-refractivity contribution in [2.75, 3.05) is 0 Å². The number of aromatic nitrogens is 1. The molecular weight excluding hydrogens is 247 g/mol. The van der Waals surface area contributed by atoms with Crippen LogP contribution in [0.4, 0.5) is 13.2 Å². The van der Waals surface area contributed by atoms with Gasteiger partial charge < -0.3 is 0 Å². The Kier molecular flexibility index (Phi) is 2.92. The van der Waals surface area contributed by atoms with Crippen LogP contribution < -0.4 is 11.3 Å². The highest BCUT2D eigenvalue weighted by molar-refractivity contribution is 5.97. The molecular formula is C11H8F3N3O. The van der Waals surface area contributed by atoms with E-state index in [-0.39, 0.29) is 16.5 Å². The van der Waals surface area contributed by atoms with E-state index in [2.05, 4.69) is 4.98 Å². The molecule has 0 fully saturated rings. The lowest BCUT2D eigenvalue weighted by molar-refractivity contribution is -0.136. The Balaban J connectivity index is 2.64. The van der Waals surface area contributed by atoms with E-state index in [4.69, 9.17) is 5.84 Å². The lowest BCUT2D eigenvalue weighted by atomic mass is 10.1. The monoisotopic (exact) mass is 255 g/mol. The van der Waals surface area contributed by atoms with Gasteiger partial charge in [0.1, 0.15) is 0 Å². The van der Waals surface area contributed by atoms with Crippen molar-refractivity contribution in [3.05, 3.63) is 41.6 Å². The minimum absolute atomic E-state index is 0.101. The van der Waals surface area contributed by atoms with Crippen molar-refractivity contribution in [2.45, 2.75) is 6.18 Å². The summed E-state index contributed by atoms with van der Waals surface area (Å²) in [4.78, 5) is 14.9. The minimum Gasteiger partial charge on any atom is -0.290 e. The van der Waals surface area contributed by atoms with Crippen molar-refractivity contribution in [3.8, 4) is 0 Å². The van der Waals surface area contributed by atoms with Crippen molar-refractivity contribution < 1.29 is 18.0 Å². The molecule has 4 nitrogen and oxygen atoms in total. The molecule has 1 amide bonds. The van der Waals surface area contributed by atoms with E-state index in [9.17, 15) is 18.0 Å². The van der Waals surface area contributed by atoms with Crippen LogP contribution in [-0.4, -0.2) is 10.9 Å². The highest BCUT2D eigenvalue weighted by Crippen LogP contribution is 2.33. The predicted molar refractivity (Wildman–Crippen MR) is 58.4 cm³/mol. The highest BCUT2D eigenvalue weighted by atomic mass is 19.4. The topological polar surface area (TPSA) is 68.0 Å². The number of fused-ring (bicyclic) bond motifs is 1. The van der Waals surface area contributed by atoms with Crippen LogP contribution >= 0.6 is 0 Å². The standard InChI is InChI=1S/C11H8F3N3O/c12-11(13,14)8-3-1-2-6-4-7(10(18)17-15)5-16-9(6)8/h1-5H,15H2,(H,17,18). The summed E-state index contributed by atoms with van der Waals surface area (Å²) in [6, 6.07) is 4.96. The van der Waals surface area contributed by atoms with Gasteiger partial charge in [0.2, 0.25) is 0 Å². The smallest absolute Gasteiger partial charge is 0.290 e. The van der Waals surface area contributed by atoms with E-state index in [0.717, 1.165) is 12.3 Å². The van der Waals surface area contributed by atoms with E-state index in [1.807, 2.05) is 5.43 Å². The Morgan fingerprint density at radius 2 is 2.06 bits per heavy atom. The summed E-state index contributed by atoms with van der Waals surface area (Å²) in [6.45, 7) is 0. The molecule has 94 valence electrons. The van der Waals surface area contributed by atoms with Gasteiger partial charge in [0.25, 0.3) is 5.91 Å². The number of carbonyl (C=O) groups is 1. The number of nitrogen functional groups attached to an aromatic ring is 1. The number of rotatable bonds is 1. The van der Waals surface area contributed by atoms with Crippen molar-refractivity contribution >= 4 is 16.8 Å². The van der Waals surface area contributed by atoms with E-state index in [1.54, 1.807) is 0 Å². The number of pyridine rings is 1. The molecule has 0 spiro atoms. The number of nitrogens with one attached hydrogen (secondary N) is 1. The number of halogens is 3. The maximum atomic E-state index is 12.7. The van der Waals surface area contributed by atoms with E-state index in [1.165, 1.54) is 18.2 Å². The van der Waals surface area contributed by atoms with Gasteiger partial charge in [-0.2, -0.15) is 13.2 Å². The number of para-hydroxylation sites is 1. The molecule has 1 aromatic carbocycles. The van der Waals surface area contributed by atoms with E-state index >= 15 is 0 Å². The molecule has 2 rings (SSSR count). The second-order valence-electron chi connectivity index (χ2n) is 3.57. The molecule has 0 unspecified atom stereocenters. The third kappa shape index (κ3) is 2.12. The summed E-state index contributed by atoms with van der Waals surface area (Å²) >= 11 is 0. The summed E-state index contributed by atoms with van der Waals surface area (Å²) in [5, 5.41) is 0.228. The van der Waals surface area contributed by atoms with Gasteiger partial charge in [-0.25, -0.2) is 5.84 Å². The Morgan fingerprint density at radius 1 is 1.33 bits per heavy atom. The van der Waals surface area contributed by atoms with Crippen LogP contribution in [0.2, 0.25) is 0 Å². The van der Waals surface area contributed by atoms with Crippen LogP contribution in [0, 0.1) is 0 Å². The average Bonchev–Trinajstić information content (AvgIpc) is 2.35. The normalized spacial score (nSPS) is 11.6. The first-order valence-corrected chi connectivity index (χ1v) is 4.90. The van der Waals surface area contributed by atoms with Crippen LogP contribution in [0.15, 0.2) is 30.5 Å². The number of hydrazine groups is 1. The molecule has 7 heteroatoms. The lowest BCUT2D eigenvalue weighted by Gasteiger charge is -2.09. The van der Waals surface area contributed by atoms with E-state index in [0.29, 0.717) is 0 Å². The second kappa shape index (κ2) is 4.26. The molecule has 3 N–H and O–H groups in total. The molecule has 0 aliphatic carbocycles. The summed E-state index contributed by atoms with van der Waals surface area (Å²) in [6.07, 6.45) is -3.43. The molecule has 0 aliphatic rings. The first-order chi connectivity index (χ1) is 8.43. The molecule has 2 aromatic rings. The summed E-state index contributed by atoms with van der Waals surface area (Å²) < 4.78 is 38.1. The maximum absolute atomic E-state index is 12.7. The SMILES string of the molecule is NNC(=O)c1cnc2c(C(F)(F)F)cccc2c1. The van der Waals surface area contributed by atoms with Crippen molar-refractivity contribution in [2.24, 2.45) is 5.84 Å². The lowest BCUT2D eigenvalue weighted by Crippen LogP contribution is -2.30. The van der Waals surface area contributed by atoms with Gasteiger partial charge in [-0.05, 0) is 12.1 Å². The fourth-order valence-corrected chi connectivity index (χ4v) is 1.60. The molecule has 1 aromatic heterocycles. The van der Waals surface area contributed by atoms with Gasteiger partial charge >= 0.3 is 6.18 Å². The first kappa shape index (κ1) is 12.3. The molecule has 0 saturated carbocycles. The third-order valence-electron chi connectivity index (χ3n) is 2.41. The third-order valence-corrected chi connectivity index (χ3v) is 2.41. The second-order valence-corrected chi connectivity index (χ2v) is 3.57. The van der Waals surface area contributed by atoms with Gasteiger partial charge in [-0.1, -0.05) is 12.1 Å². The Bertz CT molecular complexity index is 610. The van der Waals surface area contributed by atoms with Crippen LogP contribution in [0.3, 0.4) is 0 Å². The number of carbonyl (C=O) groups excluding carboxylic acids is 1. The maximum Gasteiger partial charge on any atom is 0.418 e. The van der Waals surface area contributed by atoms with Crippen molar-refractivity contribution in [3.63, 3.8) is 0 Å². The van der Waals surface area contributed by atoms with Crippen molar-refractivity contribution in [1.82, 2.24) is 10.4 Å². The predicted octanol–water partition coefficient (Wildman–Crippen LogP) is 1.86. The Morgan fingerprint density at radius 3 is 2.67 bits per heavy atom. The fourth-order valence-electron chi connectivity index (χ4n) is 1.60. The number of alkyl halides is 3. The highest BCUT2D eigenvalue weighted by Gasteiger charge is 2.33. The van der Waals surface area contributed by atoms with Crippen molar-refractivity contribution in [1.29, 1.82) is 0 Å². The Hall–Kier alpha value is -2.15. The average molecular weight is 255 g/mol. The zero-order chi connectivity index (χ0) is 13.3. The summed E-state index contributed by atoms with van der Waals surface area (Å²) in [5.41, 5.74) is 0.962. The first-order valence-electron chi connectivity index (χ1n) is 4.90. The van der Waals surface area contributed by atoms with Crippen LogP contribution in [0.25, 0.3) is 10.9 Å². The van der Waals surface area contributed by atoms with Crippen LogP contribution in [-0.2, 0) is 6.18 Å². The molecule has 0 aliphatic heterocycles. The molecule has 1 heterocycles. The van der Waals surface area contributed by atoms with Crippen LogP contribution in [0.1, 0.15) is 15.9 Å². The quantitative estimate of drug-likeness (QED) is 0.464. The molecule has 0 saturated heterocycles.